The highest BCUT2D eigenvalue weighted by molar-refractivity contribution is 4.59. The molecular weight excluding hydrogens is 176 g/mol. The van der Waals surface area contributed by atoms with Crippen molar-refractivity contribution in [1.82, 2.24) is 0 Å². The molecule has 0 amide bonds. The summed E-state index contributed by atoms with van der Waals surface area (Å²) in [7, 11) is 0. The number of hydrogen-bond acceptors (Lipinski definition) is 2. The van der Waals surface area contributed by atoms with Gasteiger partial charge in [-0.3, -0.25) is 0 Å². The lowest BCUT2D eigenvalue weighted by Crippen LogP contribution is -2.21. The van der Waals surface area contributed by atoms with Gasteiger partial charge in [-0.25, -0.2) is 0 Å². The Bertz CT molecular complexity index is 107. The van der Waals surface area contributed by atoms with E-state index in [0.29, 0.717) is 6.42 Å². The molecule has 0 aromatic carbocycles. The van der Waals surface area contributed by atoms with Gasteiger partial charge in [0, 0.05) is 0 Å². The minimum absolute atomic E-state index is 0.268. The van der Waals surface area contributed by atoms with Crippen molar-refractivity contribution >= 4 is 0 Å². The molecule has 0 aliphatic carbocycles. The van der Waals surface area contributed by atoms with E-state index in [9.17, 15) is 5.11 Å². The van der Waals surface area contributed by atoms with E-state index in [-0.39, 0.29) is 6.10 Å². The summed E-state index contributed by atoms with van der Waals surface area (Å²) in [5.41, 5.74) is 0. The number of rotatable bonds is 9. The van der Waals surface area contributed by atoms with Crippen molar-refractivity contribution in [3.8, 4) is 0 Å². The summed E-state index contributed by atoms with van der Waals surface area (Å²) in [5, 5.41) is 9.40. The molecule has 1 unspecified atom stereocenters. The predicted molar refractivity (Wildman–Crippen MR) is 60.2 cm³/mol. The van der Waals surface area contributed by atoms with E-state index in [2.05, 4.69) is 13.8 Å². The van der Waals surface area contributed by atoms with E-state index in [1.165, 1.54) is 25.7 Å². The van der Waals surface area contributed by atoms with Gasteiger partial charge in [0.2, 0.25) is 0 Å². The summed E-state index contributed by atoms with van der Waals surface area (Å²) >= 11 is 0. The van der Waals surface area contributed by atoms with E-state index in [1.807, 2.05) is 6.92 Å². The minimum atomic E-state index is -0.561. The van der Waals surface area contributed by atoms with Crippen molar-refractivity contribution < 1.29 is 9.84 Å². The third-order valence-corrected chi connectivity index (χ3v) is 2.46. The molecule has 0 aliphatic heterocycles. The van der Waals surface area contributed by atoms with Gasteiger partial charge in [0.15, 0.2) is 6.29 Å². The Morgan fingerprint density at radius 2 is 1.50 bits per heavy atom. The summed E-state index contributed by atoms with van der Waals surface area (Å²) in [5.74, 6) is 0. The molecule has 0 aromatic rings. The topological polar surface area (TPSA) is 29.5 Å². The summed E-state index contributed by atoms with van der Waals surface area (Å²) in [6.45, 7) is 6.32. The van der Waals surface area contributed by atoms with Crippen molar-refractivity contribution in [2.75, 3.05) is 0 Å². The van der Waals surface area contributed by atoms with Crippen LogP contribution in [0.3, 0.4) is 0 Å². The summed E-state index contributed by atoms with van der Waals surface area (Å²) in [6, 6.07) is 0. The Balaban J connectivity index is 3.71. The van der Waals surface area contributed by atoms with Gasteiger partial charge in [0.25, 0.3) is 0 Å². The van der Waals surface area contributed by atoms with E-state index >= 15 is 0 Å². The Hall–Kier alpha value is -0.0800. The number of unbranched alkanes of at least 4 members (excludes halogenated alkanes) is 2. The van der Waals surface area contributed by atoms with Crippen LogP contribution in [0.2, 0.25) is 0 Å². The van der Waals surface area contributed by atoms with Crippen LogP contribution < -0.4 is 0 Å². The van der Waals surface area contributed by atoms with E-state index in [0.717, 1.165) is 12.8 Å². The predicted octanol–water partition coefficient (Wildman–Crippen LogP) is 3.48. The minimum Gasteiger partial charge on any atom is -0.368 e. The van der Waals surface area contributed by atoms with Crippen LogP contribution in [0.4, 0.5) is 0 Å². The molecule has 0 spiro atoms. The van der Waals surface area contributed by atoms with E-state index < -0.39 is 6.29 Å². The number of ether oxygens (including phenoxy) is 1. The molecule has 1 atom stereocenters. The summed E-state index contributed by atoms with van der Waals surface area (Å²) in [4.78, 5) is 0. The van der Waals surface area contributed by atoms with Gasteiger partial charge in [-0.15, -0.1) is 0 Å². The van der Waals surface area contributed by atoms with Gasteiger partial charge >= 0.3 is 0 Å². The monoisotopic (exact) mass is 202 g/mol. The molecule has 14 heavy (non-hydrogen) atoms. The molecule has 0 aliphatic rings. The first-order valence-corrected chi connectivity index (χ1v) is 6.08. The molecule has 0 rings (SSSR count). The molecule has 0 saturated heterocycles. The number of aliphatic hydroxyl groups is 1. The van der Waals surface area contributed by atoms with Crippen LogP contribution in [0.5, 0.6) is 0 Å². The van der Waals surface area contributed by atoms with Crippen molar-refractivity contribution in [2.45, 2.75) is 78.1 Å². The van der Waals surface area contributed by atoms with E-state index in [1.54, 1.807) is 0 Å². The Morgan fingerprint density at radius 1 is 1.00 bits per heavy atom. The third kappa shape index (κ3) is 7.34. The standard InChI is InChI=1S/C12H26O2/c1-4-7-9-11(10-8-5-2)14-12(13)6-3/h11-13H,4-10H2,1-3H3. The number of hydrogen-bond donors (Lipinski definition) is 1. The molecule has 0 saturated carbocycles. The average Bonchev–Trinajstić information content (AvgIpc) is 2.21. The van der Waals surface area contributed by atoms with Crippen molar-refractivity contribution in [3.05, 3.63) is 0 Å². The lowest BCUT2D eigenvalue weighted by molar-refractivity contribution is -0.140. The third-order valence-electron chi connectivity index (χ3n) is 2.46. The SMILES string of the molecule is CCCCC(CCCC)OC(O)CC. The van der Waals surface area contributed by atoms with Gasteiger partial charge in [-0.05, 0) is 19.3 Å². The second-order valence-electron chi connectivity index (χ2n) is 3.91. The quantitative estimate of drug-likeness (QED) is 0.580. The molecule has 0 bridgehead atoms. The summed E-state index contributed by atoms with van der Waals surface area (Å²) < 4.78 is 5.56. The van der Waals surface area contributed by atoms with Gasteiger partial charge in [-0.1, -0.05) is 46.5 Å². The van der Waals surface area contributed by atoms with Crippen LogP contribution in [0, 0.1) is 0 Å². The van der Waals surface area contributed by atoms with Crippen LogP contribution in [-0.4, -0.2) is 17.5 Å². The molecule has 2 nitrogen and oxygen atoms in total. The molecule has 0 aromatic heterocycles. The first kappa shape index (κ1) is 13.9. The fourth-order valence-corrected chi connectivity index (χ4v) is 1.46. The van der Waals surface area contributed by atoms with Crippen LogP contribution in [0.1, 0.15) is 65.7 Å². The molecule has 86 valence electrons. The van der Waals surface area contributed by atoms with Gasteiger partial charge < -0.3 is 9.84 Å². The maximum absolute atomic E-state index is 9.40. The molecule has 2 heteroatoms. The maximum Gasteiger partial charge on any atom is 0.154 e. The van der Waals surface area contributed by atoms with E-state index in [4.69, 9.17) is 4.74 Å². The molecule has 0 heterocycles. The molecular formula is C12H26O2. The van der Waals surface area contributed by atoms with Crippen molar-refractivity contribution in [3.63, 3.8) is 0 Å². The van der Waals surface area contributed by atoms with Crippen molar-refractivity contribution in [1.29, 1.82) is 0 Å². The first-order chi connectivity index (χ1) is 6.74. The largest absolute Gasteiger partial charge is 0.368 e. The fraction of sp³-hybridized carbons (Fsp3) is 1.00. The highest BCUT2D eigenvalue weighted by Crippen LogP contribution is 2.14. The zero-order valence-corrected chi connectivity index (χ0v) is 9.96. The first-order valence-electron chi connectivity index (χ1n) is 6.08. The van der Waals surface area contributed by atoms with Gasteiger partial charge in [0.05, 0.1) is 6.10 Å². The zero-order chi connectivity index (χ0) is 10.8. The van der Waals surface area contributed by atoms with Crippen LogP contribution >= 0.6 is 0 Å². The molecule has 0 fully saturated rings. The Morgan fingerprint density at radius 3 is 1.86 bits per heavy atom. The average molecular weight is 202 g/mol. The second kappa shape index (κ2) is 9.47. The van der Waals surface area contributed by atoms with Gasteiger partial charge in [0.1, 0.15) is 0 Å². The summed E-state index contributed by atoms with van der Waals surface area (Å²) in [6.07, 6.45) is 7.38. The Labute approximate surface area is 88.7 Å². The fourth-order valence-electron chi connectivity index (χ4n) is 1.46. The lowest BCUT2D eigenvalue weighted by Gasteiger charge is -2.20. The highest BCUT2D eigenvalue weighted by Gasteiger charge is 2.12. The number of aliphatic hydroxyl groups excluding tert-OH is 1. The zero-order valence-electron chi connectivity index (χ0n) is 9.96. The highest BCUT2D eigenvalue weighted by atomic mass is 16.6. The van der Waals surface area contributed by atoms with Crippen LogP contribution in [0.25, 0.3) is 0 Å². The molecule has 0 radical (unpaired) electrons. The smallest absolute Gasteiger partial charge is 0.154 e. The lowest BCUT2D eigenvalue weighted by atomic mass is 10.1. The maximum atomic E-state index is 9.40. The molecule has 1 N–H and O–H groups in total. The van der Waals surface area contributed by atoms with Crippen molar-refractivity contribution in [2.24, 2.45) is 0 Å². The second-order valence-corrected chi connectivity index (χ2v) is 3.91. The normalized spacial score (nSPS) is 13.5. The van der Waals surface area contributed by atoms with Gasteiger partial charge in [-0.2, -0.15) is 0 Å². The van der Waals surface area contributed by atoms with Crippen LogP contribution in [-0.2, 0) is 4.74 Å². The Kier molecular flexibility index (Phi) is 9.42. The van der Waals surface area contributed by atoms with Crippen LogP contribution in [0.15, 0.2) is 0 Å².